The Balaban J connectivity index is 3.04. The van der Waals surface area contributed by atoms with Crippen LogP contribution in [0.15, 0.2) is 0 Å². The highest BCUT2D eigenvalue weighted by Gasteiger charge is 1.83. The fourth-order valence-corrected chi connectivity index (χ4v) is 0.704. The highest BCUT2D eigenvalue weighted by Crippen LogP contribution is 1.96. The van der Waals surface area contributed by atoms with Crippen molar-refractivity contribution in [3.63, 3.8) is 0 Å². The minimum Gasteiger partial charge on any atom is -0.396 e. The predicted molar refractivity (Wildman–Crippen MR) is 46.8 cm³/mol. The minimum absolute atomic E-state index is 0.289. The molecule has 0 amide bonds. The summed E-state index contributed by atoms with van der Waals surface area (Å²) in [5.41, 5.74) is 0. The largest absolute Gasteiger partial charge is 0.396 e. The Morgan fingerprint density at radius 2 is 1.91 bits per heavy atom. The van der Waals surface area contributed by atoms with Gasteiger partial charge in [-0.05, 0) is 12.8 Å². The van der Waals surface area contributed by atoms with Gasteiger partial charge in [0.1, 0.15) is 0 Å². The van der Waals surface area contributed by atoms with E-state index >= 15 is 0 Å². The lowest BCUT2D eigenvalue weighted by Crippen LogP contribution is -1.81. The second kappa shape index (κ2) is 9.08. The van der Waals surface area contributed by atoms with Crippen molar-refractivity contribution in [3.8, 4) is 24.2 Å². The van der Waals surface area contributed by atoms with E-state index in [1.54, 1.807) is 0 Å². The summed E-state index contributed by atoms with van der Waals surface area (Å²) in [6.07, 6.45) is 9.48. The molecular formula is C10H14O. The van der Waals surface area contributed by atoms with Gasteiger partial charge in [0.15, 0.2) is 0 Å². The molecule has 0 aromatic heterocycles. The lowest BCUT2D eigenvalue weighted by atomic mass is 10.2. The average Bonchev–Trinajstić information content (AvgIpc) is 2.03. The summed E-state index contributed by atoms with van der Waals surface area (Å²) < 4.78 is 0. The molecule has 0 bridgehead atoms. The lowest BCUT2D eigenvalue weighted by Gasteiger charge is -1.90. The fraction of sp³-hybridized carbons (Fsp3) is 0.600. The van der Waals surface area contributed by atoms with Crippen molar-refractivity contribution >= 4 is 0 Å². The lowest BCUT2D eigenvalue weighted by molar-refractivity contribution is 0.283. The summed E-state index contributed by atoms with van der Waals surface area (Å²) >= 11 is 0. The molecule has 0 fully saturated rings. The standard InChI is InChI=1S/C10H14O/c1-2-3-4-5-6-7-8-9-10-11/h1,11H,3,6-10H2. The first-order valence-corrected chi connectivity index (χ1v) is 3.92. The zero-order valence-corrected chi connectivity index (χ0v) is 6.77. The zero-order valence-electron chi connectivity index (χ0n) is 6.77. The Bertz CT molecular complexity index is 166. The monoisotopic (exact) mass is 150 g/mol. The second-order valence-corrected chi connectivity index (χ2v) is 2.27. The summed E-state index contributed by atoms with van der Waals surface area (Å²) in [7, 11) is 0. The molecule has 0 unspecified atom stereocenters. The van der Waals surface area contributed by atoms with Gasteiger partial charge in [0.05, 0.1) is 6.42 Å². The van der Waals surface area contributed by atoms with Gasteiger partial charge in [0.25, 0.3) is 0 Å². The van der Waals surface area contributed by atoms with Crippen LogP contribution in [-0.2, 0) is 0 Å². The van der Waals surface area contributed by atoms with E-state index in [-0.39, 0.29) is 6.61 Å². The minimum atomic E-state index is 0.289. The Hall–Kier alpha value is -0.920. The van der Waals surface area contributed by atoms with Gasteiger partial charge in [-0.15, -0.1) is 12.3 Å². The normalized spacial score (nSPS) is 8.00. The van der Waals surface area contributed by atoms with Gasteiger partial charge < -0.3 is 5.11 Å². The topological polar surface area (TPSA) is 20.2 Å². The number of hydrogen-bond donors (Lipinski definition) is 1. The molecule has 1 heteroatoms. The van der Waals surface area contributed by atoms with Gasteiger partial charge in [-0.25, -0.2) is 0 Å². The highest BCUT2D eigenvalue weighted by molar-refractivity contribution is 5.07. The van der Waals surface area contributed by atoms with Crippen molar-refractivity contribution in [1.29, 1.82) is 0 Å². The maximum absolute atomic E-state index is 8.44. The molecule has 0 atom stereocenters. The van der Waals surface area contributed by atoms with Crippen molar-refractivity contribution in [2.75, 3.05) is 6.61 Å². The van der Waals surface area contributed by atoms with Gasteiger partial charge in [0, 0.05) is 13.0 Å². The first kappa shape index (κ1) is 10.1. The van der Waals surface area contributed by atoms with E-state index in [9.17, 15) is 0 Å². The number of terminal acetylenes is 1. The van der Waals surface area contributed by atoms with Gasteiger partial charge in [-0.3, -0.25) is 0 Å². The maximum Gasteiger partial charge on any atom is 0.0700 e. The first-order valence-electron chi connectivity index (χ1n) is 3.92. The summed E-state index contributed by atoms with van der Waals surface area (Å²) in [5.74, 6) is 8.29. The van der Waals surface area contributed by atoms with E-state index < -0.39 is 0 Å². The zero-order chi connectivity index (χ0) is 8.36. The third kappa shape index (κ3) is 9.08. The van der Waals surface area contributed by atoms with Crippen LogP contribution in [0.3, 0.4) is 0 Å². The van der Waals surface area contributed by atoms with Crippen molar-refractivity contribution in [1.82, 2.24) is 0 Å². The molecule has 60 valence electrons. The summed E-state index contributed by atoms with van der Waals surface area (Å²) in [6, 6.07) is 0. The van der Waals surface area contributed by atoms with Gasteiger partial charge in [0.2, 0.25) is 0 Å². The third-order valence-corrected chi connectivity index (χ3v) is 1.28. The van der Waals surface area contributed by atoms with Crippen LogP contribution < -0.4 is 0 Å². The van der Waals surface area contributed by atoms with Crippen molar-refractivity contribution in [2.45, 2.75) is 32.1 Å². The molecule has 0 aliphatic heterocycles. The number of aliphatic hydroxyl groups is 1. The van der Waals surface area contributed by atoms with Crippen LogP contribution in [0.1, 0.15) is 32.1 Å². The molecule has 0 aliphatic carbocycles. The van der Waals surface area contributed by atoms with Crippen LogP contribution in [0, 0.1) is 24.2 Å². The fourth-order valence-electron chi connectivity index (χ4n) is 0.704. The van der Waals surface area contributed by atoms with Crippen molar-refractivity contribution in [2.24, 2.45) is 0 Å². The van der Waals surface area contributed by atoms with Gasteiger partial charge in [-0.2, -0.15) is 0 Å². The molecule has 1 N–H and O–H groups in total. The Morgan fingerprint density at radius 1 is 1.09 bits per heavy atom. The van der Waals surface area contributed by atoms with Gasteiger partial charge >= 0.3 is 0 Å². The SMILES string of the molecule is C#CCC#CCCCCCO. The van der Waals surface area contributed by atoms with E-state index in [1.165, 1.54) is 0 Å². The van der Waals surface area contributed by atoms with E-state index in [0.717, 1.165) is 25.7 Å². The molecule has 0 rings (SSSR count). The quantitative estimate of drug-likeness (QED) is 0.476. The van der Waals surface area contributed by atoms with Crippen LogP contribution >= 0.6 is 0 Å². The number of unbranched alkanes of at least 4 members (excludes halogenated alkanes) is 3. The maximum atomic E-state index is 8.44. The first-order chi connectivity index (χ1) is 5.41. The predicted octanol–water partition coefficient (Wildman–Crippen LogP) is 1.57. The molecule has 0 aliphatic rings. The number of aliphatic hydroxyl groups excluding tert-OH is 1. The van der Waals surface area contributed by atoms with Gasteiger partial charge in [-0.1, -0.05) is 18.3 Å². The molecule has 11 heavy (non-hydrogen) atoms. The molecular weight excluding hydrogens is 136 g/mol. The van der Waals surface area contributed by atoms with E-state index in [4.69, 9.17) is 11.5 Å². The van der Waals surface area contributed by atoms with Crippen molar-refractivity contribution < 1.29 is 5.11 Å². The Morgan fingerprint density at radius 3 is 2.55 bits per heavy atom. The Kier molecular flexibility index (Phi) is 8.32. The second-order valence-electron chi connectivity index (χ2n) is 2.27. The average molecular weight is 150 g/mol. The molecule has 0 radical (unpaired) electrons. The molecule has 0 spiro atoms. The summed E-state index contributed by atoms with van der Waals surface area (Å²) in [4.78, 5) is 0. The molecule has 0 saturated carbocycles. The summed E-state index contributed by atoms with van der Waals surface area (Å²) in [5, 5.41) is 8.44. The smallest absolute Gasteiger partial charge is 0.0700 e. The van der Waals surface area contributed by atoms with Crippen LogP contribution in [0.25, 0.3) is 0 Å². The Labute approximate surface area is 68.8 Å². The van der Waals surface area contributed by atoms with E-state index in [1.807, 2.05) is 0 Å². The van der Waals surface area contributed by atoms with Crippen LogP contribution in [0.4, 0.5) is 0 Å². The van der Waals surface area contributed by atoms with Crippen LogP contribution in [0.2, 0.25) is 0 Å². The molecule has 1 nitrogen and oxygen atoms in total. The molecule has 0 saturated heterocycles. The molecule has 0 heterocycles. The third-order valence-electron chi connectivity index (χ3n) is 1.28. The molecule has 0 aromatic carbocycles. The van der Waals surface area contributed by atoms with E-state index in [0.29, 0.717) is 6.42 Å². The van der Waals surface area contributed by atoms with Crippen LogP contribution in [0.5, 0.6) is 0 Å². The number of hydrogen-bond acceptors (Lipinski definition) is 1. The number of rotatable bonds is 4. The highest BCUT2D eigenvalue weighted by atomic mass is 16.2. The van der Waals surface area contributed by atoms with E-state index in [2.05, 4.69) is 17.8 Å². The van der Waals surface area contributed by atoms with Crippen LogP contribution in [-0.4, -0.2) is 11.7 Å². The molecule has 0 aromatic rings. The summed E-state index contributed by atoms with van der Waals surface area (Å²) in [6.45, 7) is 0.289. The van der Waals surface area contributed by atoms with Crippen molar-refractivity contribution in [3.05, 3.63) is 0 Å².